The van der Waals surface area contributed by atoms with Gasteiger partial charge in [-0.05, 0) is 31.6 Å². The molecule has 120 valence electrons. The molecule has 1 aliphatic carbocycles. The fraction of sp³-hybridized carbons (Fsp3) is 0.867. The van der Waals surface area contributed by atoms with Crippen molar-refractivity contribution < 1.29 is 19.1 Å². The number of urea groups is 1. The van der Waals surface area contributed by atoms with E-state index in [-0.39, 0.29) is 24.0 Å². The second-order valence-electron chi connectivity index (χ2n) is 6.54. The molecule has 0 aromatic rings. The molecule has 0 radical (unpaired) electrons. The highest BCUT2D eigenvalue weighted by molar-refractivity contribution is 5.81. The van der Waals surface area contributed by atoms with E-state index in [9.17, 15) is 9.59 Å². The fourth-order valence-corrected chi connectivity index (χ4v) is 3.03. The first-order valence-corrected chi connectivity index (χ1v) is 7.55. The van der Waals surface area contributed by atoms with Crippen LogP contribution in [0.1, 0.15) is 26.7 Å². The van der Waals surface area contributed by atoms with Gasteiger partial charge in [-0.2, -0.15) is 0 Å². The highest BCUT2D eigenvalue weighted by atomic mass is 16.5. The molecular weight excluding hydrogens is 272 g/mol. The van der Waals surface area contributed by atoms with Gasteiger partial charge >= 0.3 is 12.0 Å². The van der Waals surface area contributed by atoms with Crippen LogP contribution in [0.25, 0.3) is 0 Å². The van der Waals surface area contributed by atoms with E-state index in [4.69, 9.17) is 9.47 Å². The number of amides is 2. The number of likely N-dealkylation sites (tertiary alicyclic amines) is 1. The molecule has 0 aromatic heterocycles. The second kappa shape index (κ2) is 6.22. The van der Waals surface area contributed by atoms with Crippen LogP contribution in [0.5, 0.6) is 0 Å². The van der Waals surface area contributed by atoms with E-state index in [1.54, 1.807) is 12.0 Å². The van der Waals surface area contributed by atoms with Gasteiger partial charge in [0, 0.05) is 20.2 Å². The Morgan fingerprint density at radius 3 is 2.57 bits per heavy atom. The summed E-state index contributed by atoms with van der Waals surface area (Å²) in [6, 6.07) is -0.0359. The van der Waals surface area contributed by atoms with Crippen LogP contribution in [0.4, 0.5) is 4.79 Å². The zero-order valence-electron chi connectivity index (χ0n) is 13.3. The lowest BCUT2D eigenvalue weighted by Crippen LogP contribution is -2.47. The molecule has 1 saturated heterocycles. The van der Waals surface area contributed by atoms with E-state index >= 15 is 0 Å². The number of nitrogens with zero attached hydrogens (tertiary/aromatic N) is 1. The summed E-state index contributed by atoms with van der Waals surface area (Å²) in [6.45, 7) is 5.36. The standard InChI is InChI=1S/C15H26N2O4/c1-10-7-17(9-15(10,2)13(18)21-4)14(19)16-12(8-20-3)11-5-6-11/h10-12H,5-9H2,1-4H3,(H,16,19)/t10-,12+,15-/m1/s1. The van der Waals surface area contributed by atoms with Gasteiger partial charge in [-0.25, -0.2) is 4.79 Å². The highest BCUT2D eigenvalue weighted by Crippen LogP contribution is 2.37. The minimum absolute atomic E-state index is 0.0720. The van der Waals surface area contributed by atoms with Gasteiger partial charge in [-0.15, -0.1) is 0 Å². The maximum atomic E-state index is 12.4. The number of methoxy groups -OCH3 is 2. The van der Waals surface area contributed by atoms with E-state index in [1.165, 1.54) is 7.11 Å². The Morgan fingerprint density at radius 1 is 1.38 bits per heavy atom. The van der Waals surface area contributed by atoms with Gasteiger partial charge in [0.2, 0.25) is 0 Å². The van der Waals surface area contributed by atoms with Gasteiger partial charge < -0.3 is 19.7 Å². The van der Waals surface area contributed by atoms with Gasteiger partial charge in [0.05, 0.1) is 25.2 Å². The van der Waals surface area contributed by atoms with E-state index in [0.717, 1.165) is 12.8 Å². The van der Waals surface area contributed by atoms with Crippen LogP contribution in [0, 0.1) is 17.3 Å². The average molecular weight is 298 g/mol. The zero-order chi connectivity index (χ0) is 15.6. The summed E-state index contributed by atoms with van der Waals surface area (Å²) in [4.78, 5) is 26.1. The fourth-order valence-electron chi connectivity index (χ4n) is 3.03. The van der Waals surface area contributed by atoms with Gasteiger partial charge in [0.15, 0.2) is 0 Å². The molecule has 2 aliphatic rings. The molecule has 2 fully saturated rings. The molecule has 0 unspecified atom stereocenters. The molecular formula is C15H26N2O4. The number of carbonyl (C=O) groups excluding carboxylic acids is 2. The quantitative estimate of drug-likeness (QED) is 0.776. The van der Waals surface area contributed by atoms with Crippen LogP contribution in [0.15, 0.2) is 0 Å². The lowest BCUT2D eigenvalue weighted by Gasteiger charge is -2.25. The van der Waals surface area contributed by atoms with Gasteiger partial charge in [-0.3, -0.25) is 4.79 Å². The van der Waals surface area contributed by atoms with Crippen LogP contribution in [0.2, 0.25) is 0 Å². The molecule has 1 saturated carbocycles. The number of carbonyl (C=O) groups is 2. The maximum Gasteiger partial charge on any atom is 0.317 e. The summed E-state index contributed by atoms with van der Waals surface area (Å²) in [5, 5.41) is 3.05. The second-order valence-corrected chi connectivity index (χ2v) is 6.54. The lowest BCUT2D eigenvalue weighted by atomic mass is 9.81. The molecule has 1 N–H and O–H groups in total. The predicted octanol–water partition coefficient (Wildman–Crippen LogP) is 1.25. The van der Waals surface area contributed by atoms with Crippen molar-refractivity contribution in [3.8, 4) is 0 Å². The van der Waals surface area contributed by atoms with Crippen molar-refractivity contribution in [3.05, 3.63) is 0 Å². The van der Waals surface area contributed by atoms with Gasteiger partial charge in [0.25, 0.3) is 0 Å². The Hall–Kier alpha value is -1.30. The van der Waals surface area contributed by atoms with Crippen molar-refractivity contribution >= 4 is 12.0 Å². The summed E-state index contributed by atoms with van der Waals surface area (Å²) in [7, 11) is 3.04. The molecule has 2 rings (SSSR count). The largest absolute Gasteiger partial charge is 0.469 e. The van der Waals surface area contributed by atoms with Gasteiger partial charge in [0.1, 0.15) is 0 Å². The van der Waals surface area contributed by atoms with Crippen LogP contribution >= 0.6 is 0 Å². The van der Waals surface area contributed by atoms with Crippen LogP contribution < -0.4 is 5.32 Å². The topological polar surface area (TPSA) is 67.9 Å². The molecule has 1 heterocycles. The first-order valence-electron chi connectivity index (χ1n) is 7.55. The SMILES string of the molecule is COC[C@H](NC(=O)N1C[C@@H](C)[C@](C)(C(=O)OC)C1)C1CC1. The number of nitrogens with one attached hydrogen (secondary N) is 1. The first-order chi connectivity index (χ1) is 9.92. The Morgan fingerprint density at radius 2 is 2.05 bits per heavy atom. The molecule has 0 spiro atoms. The molecule has 2 amide bonds. The normalized spacial score (nSPS) is 30.1. The van der Waals surface area contributed by atoms with Crippen molar-refractivity contribution in [2.24, 2.45) is 17.3 Å². The molecule has 1 aliphatic heterocycles. The predicted molar refractivity (Wildman–Crippen MR) is 77.8 cm³/mol. The molecule has 6 nitrogen and oxygen atoms in total. The highest BCUT2D eigenvalue weighted by Gasteiger charge is 2.49. The van der Waals surface area contributed by atoms with E-state index in [0.29, 0.717) is 25.6 Å². The number of ether oxygens (including phenoxy) is 2. The average Bonchev–Trinajstić information content (AvgIpc) is 3.24. The van der Waals surface area contributed by atoms with Crippen molar-refractivity contribution in [1.29, 1.82) is 0 Å². The van der Waals surface area contributed by atoms with Crippen molar-refractivity contribution in [1.82, 2.24) is 10.2 Å². The maximum absolute atomic E-state index is 12.4. The minimum Gasteiger partial charge on any atom is -0.469 e. The summed E-state index contributed by atoms with van der Waals surface area (Å²) < 4.78 is 10.1. The lowest BCUT2D eigenvalue weighted by molar-refractivity contribution is -0.152. The molecule has 0 bridgehead atoms. The van der Waals surface area contributed by atoms with Crippen molar-refractivity contribution in [3.63, 3.8) is 0 Å². The van der Waals surface area contributed by atoms with E-state index in [1.807, 2.05) is 13.8 Å². The Balaban J connectivity index is 1.96. The smallest absolute Gasteiger partial charge is 0.317 e. The third-order valence-electron chi connectivity index (χ3n) is 4.89. The van der Waals surface area contributed by atoms with Crippen molar-refractivity contribution in [2.45, 2.75) is 32.7 Å². The van der Waals surface area contributed by atoms with Crippen LogP contribution in [-0.4, -0.2) is 56.9 Å². The number of hydrogen-bond donors (Lipinski definition) is 1. The van der Waals surface area contributed by atoms with E-state index < -0.39 is 5.41 Å². The Bertz CT molecular complexity index is 410. The van der Waals surface area contributed by atoms with E-state index in [2.05, 4.69) is 5.32 Å². The number of rotatable bonds is 5. The zero-order valence-corrected chi connectivity index (χ0v) is 13.3. The van der Waals surface area contributed by atoms with Crippen molar-refractivity contribution in [2.75, 3.05) is 33.9 Å². The number of esters is 1. The van der Waals surface area contributed by atoms with Crippen LogP contribution in [0.3, 0.4) is 0 Å². The third kappa shape index (κ3) is 3.31. The van der Waals surface area contributed by atoms with Gasteiger partial charge in [-0.1, -0.05) is 6.92 Å². The summed E-state index contributed by atoms with van der Waals surface area (Å²) in [5.74, 6) is 0.361. The monoisotopic (exact) mass is 298 g/mol. The summed E-state index contributed by atoms with van der Waals surface area (Å²) in [6.07, 6.45) is 2.29. The molecule has 21 heavy (non-hydrogen) atoms. The Labute approximate surface area is 126 Å². The summed E-state index contributed by atoms with van der Waals surface area (Å²) in [5.41, 5.74) is -0.623. The molecule has 6 heteroatoms. The first kappa shape index (κ1) is 16.1. The van der Waals surface area contributed by atoms with Crippen LogP contribution in [-0.2, 0) is 14.3 Å². The Kier molecular flexibility index (Phi) is 4.76. The third-order valence-corrected chi connectivity index (χ3v) is 4.89. The minimum atomic E-state index is -0.623. The molecule has 0 aromatic carbocycles. The molecule has 3 atom stereocenters. The number of hydrogen-bond acceptors (Lipinski definition) is 4. The summed E-state index contributed by atoms with van der Waals surface area (Å²) >= 11 is 0.